The van der Waals surface area contributed by atoms with Gasteiger partial charge in [0, 0.05) is 28.8 Å². The second-order valence-electron chi connectivity index (χ2n) is 4.57. The molecule has 3 rings (SSSR count). The van der Waals surface area contributed by atoms with Gasteiger partial charge < -0.3 is 5.32 Å². The minimum absolute atomic E-state index is 0.0280. The van der Waals surface area contributed by atoms with Crippen molar-refractivity contribution in [2.45, 2.75) is 31.7 Å². The molecule has 1 amide bonds. The fourth-order valence-electron chi connectivity index (χ4n) is 1.93. The number of aromatic nitrogens is 1. The van der Waals surface area contributed by atoms with Gasteiger partial charge in [-0.1, -0.05) is 18.5 Å². The van der Waals surface area contributed by atoms with Crippen LogP contribution in [0.25, 0.3) is 0 Å². The van der Waals surface area contributed by atoms with Crippen LogP contribution < -0.4 is 5.32 Å². The van der Waals surface area contributed by atoms with Crippen molar-refractivity contribution in [3.8, 4) is 0 Å². The Balaban J connectivity index is 2.17. The lowest BCUT2D eigenvalue weighted by atomic mass is 10.0. The minimum Gasteiger partial charge on any atom is -0.348 e. The molecule has 1 aliphatic carbocycles. The minimum atomic E-state index is -0.0280. The average molecular weight is 223 g/mol. The van der Waals surface area contributed by atoms with Crippen molar-refractivity contribution in [2.75, 3.05) is 0 Å². The molecule has 15 heavy (non-hydrogen) atoms. The number of amides is 1. The maximum absolute atomic E-state index is 11.5. The van der Waals surface area contributed by atoms with Crippen LogP contribution >= 0.6 is 11.6 Å². The van der Waals surface area contributed by atoms with E-state index in [0.29, 0.717) is 17.3 Å². The molecule has 0 saturated heterocycles. The predicted octanol–water partition coefficient (Wildman–Crippen LogP) is 2.03. The summed E-state index contributed by atoms with van der Waals surface area (Å²) in [4.78, 5) is 15.9. The number of halogens is 1. The van der Waals surface area contributed by atoms with Crippen molar-refractivity contribution in [3.05, 3.63) is 28.0 Å². The summed E-state index contributed by atoms with van der Waals surface area (Å²) in [6.45, 7) is 2.67. The molecule has 0 bridgehead atoms. The molecule has 1 saturated carbocycles. The Bertz CT molecular complexity index is 466. The van der Waals surface area contributed by atoms with E-state index in [1.54, 1.807) is 0 Å². The molecule has 1 N–H and O–H groups in total. The van der Waals surface area contributed by atoms with Gasteiger partial charge >= 0.3 is 0 Å². The molecule has 0 radical (unpaired) electrons. The van der Waals surface area contributed by atoms with Crippen molar-refractivity contribution in [1.82, 2.24) is 10.3 Å². The highest BCUT2D eigenvalue weighted by Gasteiger charge is 2.41. The Hall–Kier alpha value is -1.09. The summed E-state index contributed by atoms with van der Waals surface area (Å²) in [6.07, 6.45) is 2.27. The SMILES string of the molecule is CC1(c2cc3c(c(Cl)n2)CNC3=O)CC1. The third kappa shape index (κ3) is 1.26. The number of carbonyl (C=O) groups is 1. The highest BCUT2D eigenvalue weighted by molar-refractivity contribution is 6.31. The van der Waals surface area contributed by atoms with Gasteiger partial charge in [0.05, 0.1) is 0 Å². The molecule has 0 aromatic carbocycles. The first kappa shape index (κ1) is 9.16. The summed E-state index contributed by atoms with van der Waals surface area (Å²) in [5.74, 6) is -0.0280. The number of rotatable bonds is 1. The summed E-state index contributed by atoms with van der Waals surface area (Å²) in [7, 11) is 0. The monoisotopic (exact) mass is 222 g/mol. The molecule has 1 aromatic heterocycles. The Morgan fingerprint density at radius 3 is 2.93 bits per heavy atom. The predicted molar refractivity (Wildman–Crippen MR) is 57.0 cm³/mol. The summed E-state index contributed by atoms with van der Waals surface area (Å²) in [5.41, 5.74) is 2.66. The lowest BCUT2D eigenvalue weighted by Gasteiger charge is -2.09. The van der Waals surface area contributed by atoms with Gasteiger partial charge in [-0.3, -0.25) is 4.79 Å². The molecule has 3 nitrogen and oxygen atoms in total. The topological polar surface area (TPSA) is 42.0 Å². The van der Waals surface area contributed by atoms with Crippen molar-refractivity contribution in [1.29, 1.82) is 0 Å². The summed E-state index contributed by atoms with van der Waals surface area (Å²) < 4.78 is 0. The molecule has 0 spiro atoms. The smallest absolute Gasteiger partial charge is 0.252 e. The van der Waals surface area contributed by atoms with Crippen LogP contribution in [0, 0.1) is 0 Å². The number of nitrogens with one attached hydrogen (secondary N) is 1. The van der Waals surface area contributed by atoms with Gasteiger partial charge in [-0.25, -0.2) is 4.98 Å². The summed E-state index contributed by atoms with van der Waals surface area (Å²) in [5, 5.41) is 3.24. The molecule has 4 heteroatoms. The van der Waals surface area contributed by atoms with E-state index < -0.39 is 0 Å². The number of fused-ring (bicyclic) bond motifs is 1. The van der Waals surface area contributed by atoms with Crippen LogP contribution in [0.2, 0.25) is 5.15 Å². The van der Waals surface area contributed by atoms with E-state index in [-0.39, 0.29) is 11.3 Å². The zero-order chi connectivity index (χ0) is 10.6. The maximum atomic E-state index is 11.5. The molecule has 1 fully saturated rings. The van der Waals surface area contributed by atoms with E-state index in [4.69, 9.17) is 11.6 Å². The van der Waals surface area contributed by atoms with Gasteiger partial charge in [0.15, 0.2) is 0 Å². The first-order chi connectivity index (χ1) is 7.10. The fraction of sp³-hybridized carbons (Fsp3) is 0.455. The molecule has 2 heterocycles. The van der Waals surface area contributed by atoms with Gasteiger partial charge in [0.2, 0.25) is 0 Å². The highest BCUT2D eigenvalue weighted by atomic mass is 35.5. The van der Waals surface area contributed by atoms with Crippen LogP contribution in [0.15, 0.2) is 6.07 Å². The quantitative estimate of drug-likeness (QED) is 0.739. The third-order valence-electron chi connectivity index (χ3n) is 3.36. The Morgan fingerprint density at radius 2 is 2.27 bits per heavy atom. The molecule has 1 aliphatic heterocycles. The van der Waals surface area contributed by atoms with Crippen LogP contribution in [0.4, 0.5) is 0 Å². The molecule has 0 atom stereocenters. The molecular formula is C11H11ClN2O. The largest absolute Gasteiger partial charge is 0.348 e. The first-order valence-corrected chi connectivity index (χ1v) is 5.46. The Labute approximate surface area is 92.8 Å². The normalized spacial score (nSPS) is 21.1. The van der Waals surface area contributed by atoms with E-state index >= 15 is 0 Å². The van der Waals surface area contributed by atoms with Crippen LogP contribution in [0.5, 0.6) is 0 Å². The van der Waals surface area contributed by atoms with Gasteiger partial charge in [-0.15, -0.1) is 0 Å². The number of nitrogens with zero attached hydrogens (tertiary/aromatic N) is 1. The van der Waals surface area contributed by atoms with E-state index in [2.05, 4.69) is 17.2 Å². The van der Waals surface area contributed by atoms with E-state index in [0.717, 1.165) is 24.1 Å². The van der Waals surface area contributed by atoms with Crippen molar-refractivity contribution in [3.63, 3.8) is 0 Å². The number of hydrogen-bond acceptors (Lipinski definition) is 2. The van der Waals surface area contributed by atoms with E-state index in [1.807, 2.05) is 6.07 Å². The lowest BCUT2D eigenvalue weighted by Crippen LogP contribution is -2.13. The third-order valence-corrected chi connectivity index (χ3v) is 3.68. The van der Waals surface area contributed by atoms with Crippen molar-refractivity contribution >= 4 is 17.5 Å². The van der Waals surface area contributed by atoms with Crippen LogP contribution in [-0.4, -0.2) is 10.9 Å². The maximum Gasteiger partial charge on any atom is 0.252 e. The molecule has 2 aliphatic rings. The van der Waals surface area contributed by atoms with Gasteiger partial charge in [0.1, 0.15) is 5.15 Å². The van der Waals surface area contributed by atoms with E-state index in [9.17, 15) is 4.79 Å². The summed E-state index contributed by atoms with van der Waals surface area (Å²) >= 11 is 6.07. The number of hydrogen-bond donors (Lipinski definition) is 1. The Kier molecular flexibility index (Phi) is 1.67. The molecular weight excluding hydrogens is 212 g/mol. The molecule has 0 unspecified atom stereocenters. The first-order valence-electron chi connectivity index (χ1n) is 5.08. The number of carbonyl (C=O) groups excluding carboxylic acids is 1. The fourth-order valence-corrected chi connectivity index (χ4v) is 2.19. The summed E-state index contributed by atoms with van der Waals surface area (Å²) in [6, 6.07) is 1.90. The van der Waals surface area contributed by atoms with Gasteiger partial charge in [0.25, 0.3) is 5.91 Å². The van der Waals surface area contributed by atoms with Crippen molar-refractivity contribution < 1.29 is 4.79 Å². The highest BCUT2D eigenvalue weighted by Crippen LogP contribution is 2.47. The Morgan fingerprint density at radius 1 is 1.53 bits per heavy atom. The van der Waals surface area contributed by atoms with Crippen LogP contribution in [0.1, 0.15) is 41.4 Å². The van der Waals surface area contributed by atoms with Crippen molar-refractivity contribution in [2.24, 2.45) is 0 Å². The molecule has 1 aromatic rings. The van der Waals surface area contributed by atoms with Crippen LogP contribution in [0.3, 0.4) is 0 Å². The zero-order valence-electron chi connectivity index (χ0n) is 8.43. The van der Waals surface area contributed by atoms with Crippen LogP contribution in [-0.2, 0) is 12.0 Å². The molecule has 78 valence electrons. The second kappa shape index (κ2) is 2.73. The standard InChI is InChI=1S/C11H11ClN2O/c1-11(2-3-11)8-4-6-7(9(12)14-8)5-13-10(6)15/h4H,2-3,5H2,1H3,(H,13,15). The van der Waals surface area contributed by atoms with Gasteiger partial charge in [-0.2, -0.15) is 0 Å². The van der Waals surface area contributed by atoms with E-state index in [1.165, 1.54) is 0 Å². The zero-order valence-corrected chi connectivity index (χ0v) is 9.19. The second-order valence-corrected chi connectivity index (χ2v) is 4.93. The lowest BCUT2D eigenvalue weighted by molar-refractivity contribution is 0.0965. The number of pyridine rings is 1. The average Bonchev–Trinajstić information content (AvgIpc) is 2.84. The van der Waals surface area contributed by atoms with Gasteiger partial charge in [-0.05, 0) is 18.9 Å².